The van der Waals surface area contributed by atoms with E-state index in [9.17, 15) is 4.39 Å². The van der Waals surface area contributed by atoms with Gasteiger partial charge in [0.2, 0.25) is 0 Å². The molecule has 7 heteroatoms. The second-order valence-corrected chi connectivity index (χ2v) is 7.48. The third kappa shape index (κ3) is 2.92. The van der Waals surface area contributed by atoms with Gasteiger partial charge in [-0.2, -0.15) is 0 Å². The van der Waals surface area contributed by atoms with Crippen LogP contribution in [-0.2, 0) is 4.74 Å². The summed E-state index contributed by atoms with van der Waals surface area (Å²) in [4.78, 5) is 8.57. The summed E-state index contributed by atoms with van der Waals surface area (Å²) >= 11 is 6.50. The molecule has 2 aliphatic rings. The highest BCUT2D eigenvalue weighted by molar-refractivity contribution is 6.34. The summed E-state index contributed by atoms with van der Waals surface area (Å²) in [6.07, 6.45) is 0.805. The second kappa shape index (κ2) is 6.27. The molecule has 2 saturated heterocycles. The number of ether oxygens (including phenoxy) is 1. The monoisotopic (exact) mass is 364 g/mol. The van der Waals surface area contributed by atoms with Gasteiger partial charge in [-0.15, -0.1) is 0 Å². The van der Waals surface area contributed by atoms with Crippen LogP contribution in [0.1, 0.15) is 6.92 Å². The molecule has 0 aliphatic carbocycles. The number of hydrogen-bond acceptors (Lipinski definition) is 5. The molecule has 0 saturated carbocycles. The van der Waals surface area contributed by atoms with Crippen molar-refractivity contribution in [3.05, 3.63) is 29.4 Å². The number of hydrogen-bond donors (Lipinski definition) is 1. The maximum atomic E-state index is 14.2. The molecular formula is C18H22ClFN4O. The topological polar surface area (TPSA) is 54.6 Å². The second-order valence-electron chi connectivity index (χ2n) is 7.07. The third-order valence-electron chi connectivity index (χ3n) is 5.48. The first-order valence-corrected chi connectivity index (χ1v) is 8.92. The van der Waals surface area contributed by atoms with Crippen LogP contribution in [-0.4, -0.2) is 61.0 Å². The molecular weight excluding hydrogens is 343 g/mol. The summed E-state index contributed by atoms with van der Waals surface area (Å²) in [5, 5.41) is 2.69. The largest absolute Gasteiger partial charge is 0.384 e. The SMILES string of the molecule is C[C@]1(N2CCN(c3cc4cc(N)ncc4cc3Cl)CC2)COCC1F. The number of benzene rings is 1. The number of halogens is 2. The minimum Gasteiger partial charge on any atom is -0.384 e. The number of pyridine rings is 1. The van der Waals surface area contributed by atoms with Gasteiger partial charge in [0.15, 0.2) is 0 Å². The van der Waals surface area contributed by atoms with Crippen LogP contribution in [0.25, 0.3) is 10.8 Å². The van der Waals surface area contributed by atoms with Gasteiger partial charge < -0.3 is 15.4 Å². The molecule has 2 aromatic rings. The van der Waals surface area contributed by atoms with Gasteiger partial charge in [0.25, 0.3) is 0 Å². The number of piperazine rings is 1. The van der Waals surface area contributed by atoms with Gasteiger partial charge in [0.1, 0.15) is 12.0 Å². The van der Waals surface area contributed by atoms with Crippen LogP contribution < -0.4 is 10.6 Å². The predicted octanol–water partition coefficient (Wildman–Crippen LogP) is 2.72. The maximum Gasteiger partial charge on any atom is 0.144 e. The zero-order chi connectivity index (χ0) is 17.6. The van der Waals surface area contributed by atoms with E-state index in [2.05, 4.69) is 20.9 Å². The maximum absolute atomic E-state index is 14.2. The molecule has 5 nitrogen and oxygen atoms in total. The lowest BCUT2D eigenvalue weighted by molar-refractivity contribution is 0.0448. The molecule has 25 heavy (non-hydrogen) atoms. The average molecular weight is 365 g/mol. The lowest BCUT2D eigenvalue weighted by Crippen LogP contribution is -2.59. The van der Waals surface area contributed by atoms with Gasteiger partial charge in [-0.1, -0.05) is 11.6 Å². The first kappa shape index (κ1) is 16.8. The van der Waals surface area contributed by atoms with Gasteiger partial charge in [0.05, 0.1) is 29.5 Å². The number of nitrogens with zero attached hydrogens (tertiary/aromatic N) is 3. The standard InChI is InChI=1S/C18H22ClFN4O/c1-18(11-25-10-16(18)20)24-4-2-23(3-5-24)15-7-12-8-17(21)22-9-13(12)6-14(15)19/h6-9,16H,2-5,10-11H2,1H3,(H2,21,22)/t16?,18-/m0/s1. The van der Waals surface area contributed by atoms with Gasteiger partial charge >= 0.3 is 0 Å². The zero-order valence-electron chi connectivity index (χ0n) is 14.2. The lowest BCUT2D eigenvalue weighted by atomic mass is 9.96. The van der Waals surface area contributed by atoms with E-state index in [0.29, 0.717) is 17.4 Å². The molecule has 134 valence electrons. The van der Waals surface area contributed by atoms with Gasteiger partial charge in [0, 0.05) is 37.8 Å². The highest BCUT2D eigenvalue weighted by Gasteiger charge is 2.46. The number of nitrogens with two attached hydrogens (primary N) is 1. The Morgan fingerprint density at radius 2 is 2.00 bits per heavy atom. The minimum atomic E-state index is -0.932. The molecule has 2 atom stereocenters. The summed E-state index contributed by atoms with van der Waals surface area (Å²) in [6.45, 7) is 5.78. The quantitative estimate of drug-likeness (QED) is 0.888. The summed E-state index contributed by atoms with van der Waals surface area (Å²) < 4.78 is 19.6. The number of nitrogen functional groups attached to an aromatic ring is 1. The zero-order valence-corrected chi connectivity index (χ0v) is 15.0. The van der Waals surface area contributed by atoms with Crippen LogP contribution in [0.2, 0.25) is 5.02 Å². The van der Waals surface area contributed by atoms with Crippen LogP contribution in [0.5, 0.6) is 0 Å². The van der Waals surface area contributed by atoms with E-state index in [0.717, 1.165) is 42.6 Å². The van der Waals surface area contributed by atoms with E-state index in [1.165, 1.54) is 0 Å². The van der Waals surface area contributed by atoms with Gasteiger partial charge in [-0.3, -0.25) is 4.90 Å². The molecule has 3 heterocycles. The van der Waals surface area contributed by atoms with Crippen LogP contribution in [0.3, 0.4) is 0 Å². The molecule has 4 rings (SSSR count). The van der Waals surface area contributed by atoms with Crippen LogP contribution in [0.15, 0.2) is 24.4 Å². The van der Waals surface area contributed by atoms with E-state index < -0.39 is 11.7 Å². The fraction of sp³-hybridized carbons (Fsp3) is 0.500. The first-order valence-electron chi connectivity index (χ1n) is 8.54. The first-order chi connectivity index (χ1) is 12.0. The molecule has 2 fully saturated rings. The molecule has 1 aromatic carbocycles. The molecule has 0 spiro atoms. The van der Waals surface area contributed by atoms with E-state index in [1.54, 1.807) is 6.20 Å². The highest BCUT2D eigenvalue weighted by Crippen LogP contribution is 2.34. The van der Waals surface area contributed by atoms with Crippen LogP contribution in [0, 0.1) is 0 Å². The summed E-state index contributed by atoms with van der Waals surface area (Å²) in [7, 11) is 0. The highest BCUT2D eigenvalue weighted by atomic mass is 35.5. The normalized spacial score (nSPS) is 28.0. The molecule has 1 unspecified atom stereocenters. The van der Waals surface area contributed by atoms with Crippen LogP contribution >= 0.6 is 11.6 Å². The summed E-state index contributed by atoms with van der Waals surface area (Å²) in [6, 6.07) is 5.84. The molecule has 0 radical (unpaired) electrons. The van der Waals surface area contributed by atoms with Crippen molar-refractivity contribution in [1.29, 1.82) is 0 Å². The van der Waals surface area contributed by atoms with Gasteiger partial charge in [-0.05, 0) is 30.5 Å². The van der Waals surface area contributed by atoms with Crippen molar-refractivity contribution in [2.24, 2.45) is 0 Å². The smallest absolute Gasteiger partial charge is 0.144 e. The fourth-order valence-corrected chi connectivity index (χ4v) is 4.09. The molecule has 2 N–H and O–H groups in total. The number of rotatable bonds is 2. The third-order valence-corrected chi connectivity index (χ3v) is 5.79. The van der Waals surface area contributed by atoms with Crippen molar-refractivity contribution in [2.75, 3.05) is 50.0 Å². The van der Waals surface area contributed by atoms with E-state index >= 15 is 0 Å². The van der Waals surface area contributed by atoms with Crippen molar-refractivity contribution < 1.29 is 9.13 Å². The van der Waals surface area contributed by atoms with E-state index in [4.69, 9.17) is 22.1 Å². The Kier molecular flexibility index (Phi) is 4.22. The number of alkyl halides is 1. The molecule has 0 amide bonds. The van der Waals surface area contributed by atoms with Crippen molar-refractivity contribution in [2.45, 2.75) is 18.6 Å². The Hall–Kier alpha value is -1.63. The average Bonchev–Trinajstić information content (AvgIpc) is 2.95. The number of anilines is 2. The van der Waals surface area contributed by atoms with Crippen molar-refractivity contribution in [3.63, 3.8) is 0 Å². The Morgan fingerprint density at radius 3 is 2.68 bits per heavy atom. The predicted molar refractivity (Wildman–Crippen MR) is 99.1 cm³/mol. The Balaban J connectivity index is 1.54. The number of aromatic nitrogens is 1. The van der Waals surface area contributed by atoms with E-state index in [-0.39, 0.29) is 6.61 Å². The summed E-state index contributed by atoms with van der Waals surface area (Å²) in [5.41, 5.74) is 6.27. The number of fused-ring (bicyclic) bond motifs is 1. The molecule has 2 aliphatic heterocycles. The minimum absolute atomic E-state index is 0.197. The molecule has 1 aromatic heterocycles. The van der Waals surface area contributed by atoms with Crippen LogP contribution in [0.4, 0.5) is 15.9 Å². The Morgan fingerprint density at radius 1 is 1.24 bits per heavy atom. The Labute approximate surface area is 151 Å². The van der Waals surface area contributed by atoms with E-state index in [1.807, 2.05) is 19.1 Å². The van der Waals surface area contributed by atoms with Gasteiger partial charge in [-0.25, -0.2) is 9.37 Å². The Bertz CT molecular complexity index is 796. The molecule has 0 bridgehead atoms. The lowest BCUT2D eigenvalue weighted by Gasteiger charge is -2.44. The summed E-state index contributed by atoms with van der Waals surface area (Å²) in [5.74, 6) is 0.494. The van der Waals surface area contributed by atoms with Crippen molar-refractivity contribution in [1.82, 2.24) is 9.88 Å². The van der Waals surface area contributed by atoms with Crippen molar-refractivity contribution in [3.8, 4) is 0 Å². The van der Waals surface area contributed by atoms with Crippen molar-refractivity contribution >= 4 is 33.9 Å². The fourth-order valence-electron chi connectivity index (χ4n) is 3.80.